The molecule has 2 heterocycles. The normalized spacial score (nSPS) is 20.4. The van der Waals surface area contributed by atoms with Gasteiger partial charge in [0.1, 0.15) is 29.7 Å². The van der Waals surface area contributed by atoms with E-state index in [1.807, 2.05) is 36.4 Å². The number of nitrogens with one attached hydrogen (secondary N) is 2. The summed E-state index contributed by atoms with van der Waals surface area (Å²) in [4.78, 5) is 4.41. The number of methoxy groups -OCH3 is 1. The van der Waals surface area contributed by atoms with Crippen molar-refractivity contribution in [3.63, 3.8) is 0 Å². The van der Waals surface area contributed by atoms with Crippen molar-refractivity contribution < 1.29 is 19.0 Å². The second-order valence-corrected chi connectivity index (χ2v) is 9.23. The van der Waals surface area contributed by atoms with Gasteiger partial charge in [0.15, 0.2) is 0 Å². The van der Waals surface area contributed by atoms with Crippen LogP contribution in [0.25, 0.3) is 0 Å². The van der Waals surface area contributed by atoms with E-state index in [2.05, 4.69) is 32.8 Å². The predicted octanol–water partition coefficient (Wildman–Crippen LogP) is 3.67. The van der Waals surface area contributed by atoms with Gasteiger partial charge in [-0.3, -0.25) is 10.3 Å². The zero-order chi connectivity index (χ0) is 24.9. The van der Waals surface area contributed by atoms with Crippen molar-refractivity contribution in [3.05, 3.63) is 83.7 Å². The molecule has 3 aromatic rings. The first-order valence-electron chi connectivity index (χ1n) is 12.4. The molecule has 0 amide bonds. The number of anilines is 1. The molecule has 0 bridgehead atoms. The Labute approximate surface area is 211 Å². The van der Waals surface area contributed by atoms with Crippen LogP contribution in [0.15, 0.2) is 66.7 Å². The van der Waals surface area contributed by atoms with Crippen molar-refractivity contribution in [3.8, 4) is 17.2 Å². The van der Waals surface area contributed by atoms with E-state index in [4.69, 9.17) is 9.47 Å². The van der Waals surface area contributed by atoms with Gasteiger partial charge in [-0.25, -0.2) is 9.82 Å². The van der Waals surface area contributed by atoms with Gasteiger partial charge in [-0.2, -0.15) is 0 Å². The van der Waals surface area contributed by atoms with Gasteiger partial charge in [-0.1, -0.05) is 30.3 Å². The Balaban J connectivity index is 1.13. The summed E-state index contributed by atoms with van der Waals surface area (Å²) in [5.74, 6) is 1.69. The highest BCUT2D eigenvalue weighted by molar-refractivity contribution is 5.48. The zero-order valence-electron chi connectivity index (χ0n) is 20.5. The molecule has 2 atom stereocenters. The van der Waals surface area contributed by atoms with Crippen LogP contribution in [0.5, 0.6) is 17.2 Å². The van der Waals surface area contributed by atoms with Gasteiger partial charge in [0.05, 0.1) is 18.8 Å². The maximum absolute atomic E-state index is 14.0. The summed E-state index contributed by atoms with van der Waals surface area (Å²) in [6.45, 7) is 5.35. The Morgan fingerprint density at radius 3 is 2.44 bits per heavy atom. The van der Waals surface area contributed by atoms with Gasteiger partial charge < -0.3 is 19.5 Å². The number of halogens is 1. The lowest BCUT2D eigenvalue weighted by molar-refractivity contribution is 0.200. The fourth-order valence-electron chi connectivity index (χ4n) is 5.04. The number of hydrogen-bond donors (Lipinski definition) is 3. The monoisotopic (exact) mass is 492 g/mol. The first-order valence-corrected chi connectivity index (χ1v) is 12.4. The molecule has 0 aliphatic carbocycles. The summed E-state index contributed by atoms with van der Waals surface area (Å²) in [7, 11) is 1.66. The van der Waals surface area contributed by atoms with Gasteiger partial charge >= 0.3 is 0 Å². The molecule has 0 saturated carbocycles. The second-order valence-electron chi connectivity index (χ2n) is 9.23. The maximum Gasteiger partial charge on any atom is 0.146 e. The van der Waals surface area contributed by atoms with Crippen LogP contribution in [-0.2, 0) is 0 Å². The van der Waals surface area contributed by atoms with Crippen LogP contribution in [0.2, 0.25) is 0 Å². The van der Waals surface area contributed by atoms with Crippen LogP contribution in [0.4, 0.5) is 10.1 Å². The van der Waals surface area contributed by atoms with Gasteiger partial charge in [0.25, 0.3) is 0 Å². The van der Waals surface area contributed by atoms with Crippen molar-refractivity contribution in [1.82, 2.24) is 15.8 Å². The van der Waals surface area contributed by atoms with Crippen molar-refractivity contribution in [2.75, 3.05) is 57.9 Å². The van der Waals surface area contributed by atoms with E-state index in [0.29, 0.717) is 18.0 Å². The first-order chi connectivity index (χ1) is 17.6. The Bertz CT molecular complexity index is 1150. The molecule has 3 aromatic carbocycles. The largest absolute Gasteiger partial charge is 0.507 e. The van der Waals surface area contributed by atoms with Crippen LogP contribution in [0.1, 0.15) is 23.1 Å². The minimum absolute atomic E-state index is 0.0572. The smallest absolute Gasteiger partial charge is 0.146 e. The second kappa shape index (κ2) is 11.2. The molecule has 2 fully saturated rings. The molecule has 2 saturated heterocycles. The number of rotatable bonds is 8. The highest BCUT2D eigenvalue weighted by Crippen LogP contribution is 2.39. The molecule has 0 spiro atoms. The van der Waals surface area contributed by atoms with Gasteiger partial charge in [-0.05, 0) is 35.9 Å². The lowest BCUT2D eigenvalue weighted by Crippen LogP contribution is -2.47. The Morgan fingerprint density at radius 1 is 0.972 bits per heavy atom. The SMILES string of the molecule is COc1ccc(C2CNNC2c2ccc(OCCN3CCN(c4ccccc4F)CC3)cc2O)cc1. The highest BCUT2D eigenvalue weighted by atomic mass is 19.1. The Hall–Kier alpha value is -3.33. The molecular formula is C28H33FN4O3. The Morgan fingerprint density at radius 2 is 1.72 bits per heavy atom. The first kappa shape index (κ1) is 24.4. The quantitative estimate of drug-likeness (QED) is 0.443. The number of hydrogen-bond acceptors (Lipinski definition) is 7. The number of piperazine rings is 1. The van der Waals surface area contributed by atoms with E-state index >= 15 is 0 Å². The van der Waals surface area contributed by atoms with E-state index in [0.717, 1.165) is 50.6 Å². The third kappa shape index (κ3) is 5.41. The third-order valence-corrected chi connectivity index (χ3v) is 7.10. The summed E-state index contributed by atoms with van der Waals surface area (Å²) in [6, 6.07) is 20.5. The molecule has 5 rings (SSSR count). The zero-order valence-corrected chi connectivity index (χ0v) is 20.5. The molecule has 2 aliphatic heterocycles. The van der Waals surface area contributed by atoms with E-state index in [9.17, 15) is 9.50 Å². The average molecular weight is 493 g/mol. The van der Waals surface area contributed by atoms with Gasteiger partial charge in [-0.15, -0.1) is 0 Å². The van der Waals surface area contributed by atoms with E-state index in [1.54, 1.807) is 19.2 Å². The van der Waals surface area contributed by atoms with Gasteiger partial charge in [0.2, 0.25) is 0 Å². The number of ether oxygens (including phenoxy) is 2. The maximum atomic E-state index is 14.0. The van der Waals surface area contributed by atoms with Crippen molar-refractivity contribution in [1.29, 1.82) is 0 Å². The highest BCUT2D eigenvalue weighted by Gasteiger charge is 2.31. The van der Waals surface area contributed by atoms with E-state index in [1.165, 1.54) is 11.6 Å². The molecule has 2 aliphatic rings. The average Bonchev–Trinajstić information content (AvgIpc) is 3.39. The fraction of sp³-hybridized carbons (Fsp3) is 0.357. The molecule has 36 heavy (non-hydrogen) atoms. The number of phenolic OH excluding ortho intramolecular Hbond substituents is 1. The van der Waals surface area contributed by atoms with Crippen LogP contribution in [0, 0.1) is 5.82 Å². The summed E-state index contributed by atoms with van der Waals surface area (Å²) >= 11 is 0. The summed E-state index contributed by atoms with van der Waals surface area (Å²) in [5, 5.41) is 10.8. The number of nitrogens with zero attached hydrogens (tertiary/aromatic N) is 2. The number of hydrazine groups is 1. The number of phenols is 1. The van der Waals surface area contributed by atoms with Crippen LogP contribution >= 0.6 is 0 Å². The molecule has 0 aromatic heterocycles. The minimum atomic E-state index is -0.170. The predicted molar refractivity (Wildman–Crippen MR) is 138 cm³/mol. The number of aromatic hydroxyl groups is 1. The van der Waals surface area contributed by atoms with Crippen molar-refractivity contribution >= 4 is 5.69 Å². The lowest BCUT2D eigenvalue weighted by Gasteiger charge is -2.36. The fourth-order valence-corrected chi connectivity index (χ4v) is 5.04. The minimum Gasteiger partial charge on any atom is -0.507 e. The number of para-hydroxylation sites is 1. The van der Waals surface area contributed by atoms with Crippen LogP contribution in [0.3, 0.4) is 0 Å². The number of benzene rings is 3. The molecule has 7 nitrogen and oxygen atoms in total. The molecular weight excluding hydrogens is 459 g/mol. The molecule has 190 valence electrons. The summed E-state index contributed by atoms with van der Waals surface area (Å²) < 4.78 is 25.3. The summed E-state index contributed by atoms with van der Waals surface area (Å²) in [6.07, 6.45) is 0. The molecule has 2 unspecified atom stereocenters. The van der Waals surface area contributed by atoms with E-state index < -0.39 is 0 Å². The lowest BCUT2D eigenvalue weighted by atomic mass is 9.88. The Kier molecular flexibility index (Phi) is 7.55. The standard InChI is InChI=1S/C28H33FN4O3/c1-35-21-8-6-20(7-9-21)24-19-30-31-28(24)23-11-10-22(18-27(23)34)36-17-16-32-12-14-33(15-13-32)26-5-3-2-4-25(26)29/h2-11,18,24,28,30-31,34H,12-17,19H2,1H3. The van der Waals surface area contributed by atoms with Crippen molar-refractivity contribution in [2.45, 2.75) is 12.0 Å². The van der Waals surface area contributed by atoms with Crippen LogP contribution in [-0.4, -0.2) is 63.0 Å². The topological polar surface area (TPSA) is 69.2 Å². The molecule has 0 radical (unpaired) electrons. The summed E-state index contributed by atoms with van der Waals surface area (Å²) in [5.41, 5.74) is 9.20. The van der Waals surface area contributed by atoms with Crippen LogP contribution < -0.4 is 25.2 Å². The third-order valence-electron chi connectivity index (χ3n) is 7.10. The molecule has 3 N–H and O–H groups in total. The van der Waals surface area contributed by atoms with E-state index in [-0.39, 0.29) is 23.5 Å². The van der Waals surface area contributed by atoms with Crippen molar-refractivity contribution in [2.24, 2.45) is 0 Å². The molecule has 8 heteroatoms. The van der Waals surface area contributed by atoms with Gasteiger partial charge in [0, 0.05) is 56.8 Å².